The molecular formula is C13H10F3N2O3S-. The molecule has 0 radical (unpaired) electrons. The average Bonchev–Trinajstić information content (AvgIpc) is 2.45. The van der Waals surface area contributed by atoms with Crippen LogP contribution in [0.2, 0.25) is 0 Å². The van der Waals surface area contributed by atoms with Crippen molar-refractivity contribution in [2.75, 3.05) is 7.11 Å². The van der Waals surface area contributed by atoms with E-state index in [9.17, 15) is 21.9 Å². The van der Waals surface area contributed by atoms with E-state index in [1.807, 2.05) is 0 Å². The van der Waals surface area contributed by atoms with Crippen LogP contribution in [0.3, 0.4) is 0 Å². The minimum Gasteiger partial charge on any atom is -0.772 e. The van der Waals surface area contributed by atoms with E-state index in [0.717, 1.165) is 6.07 Å². The predicted molar refractivity (Wildman–Crippen MR) is 71.6 cm³/mol. The summed E-state index contributed by atoms with van der Waals surface area (Å²) < 4.78 is 64.9. The molecule has 9 heteroatoms. The highest BCUT2D eigenvalue weighted by molar-refractivity contribution is 7.78. The number of ether oxygens (including phenoxy) is 1. The molecule has 0 aliphatic heterocycles. The molecule has 1 atom stereocenters. The Kier molecular flexibility index (Phi) is 4.77. The molecule has 0 N–H and O–H groups in total. The highest BCUT2D eigenvalue weighted by Crippen LogP contribution is 2.30. The van der Waals surface area contributed by atoms with Gasteiger partial charge in [-0.05, 0) is 41.4 Å². The molecule has 22 heavy (non-hydrogen) atoms. The van der Waals surface area contributed by atoms with Gasteiger partial charge in [0.2, 0.25) is 0 Å². The van der Waals surface area contributed by atoms with Gasteiger partial charge in [-0.25, -0.2) is 9.97 Å². The summed E-state index contributed by atoms with van der Waals surface area (Å²) in [6.07, 6.45) is -4.69. The molecular weight excluding hydrogens is 321 g/mol. The van der Waals surface area contributed by atoms with Gasteiger partial charge in [-0.1, -0.05) is 0 Å². The van der Waals surface area contributed by atoms with Crippen molar-refractivity contribution in [1.82, 2.24) is 9.97 Å². The van der Waals surface area contributed by atoms with Gasteiger partial charge in [0.15, 0.2) is 0 Å². The quantitative estimate of drug-likeness (QED) is 0.805. The first kappa shape index (κ1) is 16.4. The molecule has 118 valence electrons. The van der Waals surface area contributed by atoms with Gasteiger partial charge in [0.05, 0.1) is 18.6 Å². The van der Waals surface area contributed by atoms with Crippen molar-refractivity contribution >= 4 is 11.1 Å². The van der Waals surface area contributed by atoms with Crippen LogP contribution in [0.25, 0.3) is 11.3 Å². The van der Waals surface area contributed by atoms with E-state index < -0.39 is 34.5 Å². The van der Waals surface area contributed by atoms with Crippen LogP contribution < -0.4 is 4.74 Å². The van der Waals surface area contributed by atoms with Gasteiger partial charge in [-0.15, -0.1) is 0 Å². The van der Waals surface area contributed by atoms with Crippen molar-refractivity contribution in [3.05, 3.63) is 41.9 Å². The number of halogens is 3. The number of benzene rings is 1. The van der Waals surface area contributed by atoms with E-state index in [0.29, 0.717) is 11.3 Å². The standard InChI is InChI=1S/C13H11F3N2O3S/c1-21-9-4-2-8(3-5-9)10-6-11(13(14,15)16)18-12(17-10)7-22(19)20/h2-6H,7H2,1H3,(H,19,20)/p-1. The van der Waals surface area contributed by atoms with E-state index in [1.54, 1.807) is 12.1 Å². The summed E-state index contributed by atoms with van der Waals surface area (Å²) in [6.45, 7) is 0. The Morgan fingerprint density at radius 2 is 1.86 bits per heavy atom. The van der Waals surface area contributed by atoms with Gasteiger partial charge in [0.1, 0.15) is 17.3 Å². The molecule has 0 saturated carbocycles. The summed E-state index contributed by atoms with van der Waals surface area (Å²) in [5.41, 5.74) is -0.800. The fourth-order valence-electron chi connectivity index (χ4n) is 1.72. The molecule has 0 aliphatic carbocycles. The normalized spacial score (nSPS) is 13.0. The van der Waals surface area contributed by atoms with Crippen LogP contribution in [0.1, 0.15) is 11.5 Å². The van der Waals surface area contributed by atoms with E-state index >= 15 is 0 Å². The number of hydrogen-bond donors (Lipinski definition) is 0. The lowest BCUT2D eigenvalue weighted by molar-refractivity contribution is -0.141. The molecule has 0 saturated heterocycles. The van der Waals surface area contributed by atoms with Gasteiger partial charge in [0.25, 0.3) is 0 Å². The van der Waals surface area contributed by atoms with E-state index in [4.69, 9.17) is 4.74 Å². The lowest BCUT2D eigenvalue weighted by atomic mass is 10.1. The number of nitrogens with zero attached hydrogens (tertiary/aromatic N) is 2. The second kappa shape index (κ2) is 6.41. The smallest absolute Gasteiger partial charge is 0.433 e. The van der Waals surface area contributed by atoms with Gasteiger partial charge in [0, 0.05) is 5.56 Å². The van der Waals surface area contributed by atoms with Crippen molar-refractivity contribution in [3.63, 3.8) is 0 Å². The second-order valence-corrected chi connectivity index (χ2v) is 5.13. The highest BCUT2D eigenvalue weighted by atomic mass is 32.2. The monoisotopic (exact) mass is 331 g/mol. The Hall–Kier alpha value is -2.00. The maximum atomic E-state index is 12.9. The summed E-state index contributed by atoms with van der Waals surface area (Å²) in [7, 11) is 1.46. The minimum atomic E-state index is -4.69. The summed E-state index contributed by atoms with van der Waals surface area (Å²) >= 11 is -2.58. The highest BCUT2D eigenvalue weighted by Gasteiger charge is 2.33. The number of methoxy groups -OCH3 is 1. The first-order valence-electron chi connectivity index (χ1n) is 5.95. The van der Waals surface area contributed by atoms with Crippen LogP contribution in [0.4, 0.5) is 13.2 Å². The van der Waals surface area contributed by atoms with E-state index in [-0.39, 0.29) is 5.69 Å². The summed E-state index contributed by atoms with van der Waals surface area (Å²) in [5.74, 6) is -0.559. The molecule has 1 aromatic carbocycles. The Morgan fingerprint density at radius 3 is 2.36 bits per heavy atom. The van der Waals surface area contributed by atoms with Crippen LogP contribution in [0.5, 0.6) is 5.75 Å². The number of hydrogen-bond acceptors (Lipinski definition) is 5. The Morgan fingerprint density at radius 1 is 1.23 bits per heavy atom. The van der Waals surface area contributed by atoms with Gasteiger partial charge in [-0.3, -0.25) is 4.21 Å². The number of alkyl halides is 3. The van der Waals surface area contributed by atoms with Crippen molar-refractivity contribution in [1.29, 1.82) is 0 Å². The third-order valence-electron chi connectivity index (χ3n) is 2.70. The van der Waals surface area contributed by atoms with Gasteiger partial charge < -0.3 is 9.29 Å². The lowest BCUT2D eigenvalue weighted by Gasteiger charge is -2.12. The van der Waals surface area contributed by atoms with Crippen LogP contribution in [0, 0.1) is 0 Å². The third kappa shape index (κ3) is 4.01. The first-order chi connectivity index (χ1) is 10.3. The van der Waals surface area contributed by atoms with Crippen LogP contribution >= 0.6 is 0 Å². The van der Waals surface area contributed by atoms with Crippen molar-refractivity contribution in [3.8, 4) is 17.0 Å². The van der Waals surface area contributed by atoms with Crippen LogP contribution in [0.15, 0.2) is 30.3 Å². The largest absolute Gasteiger partial charge is 0.772 e. The van der Waals surface area contributed by atoms with Crippen molar-refractivity contribution in [2.45, 2.75) is 11.9 Å². The zero-order valence-corrected chi connectivity index (χ0v) is 12.1. The van der Waals surface area contributed by atoms with Crippen LogP contribution in [-0.4, -0.2) is 25.8 Å². The predicted octanol–water partition coefficient (Wildman–Crippen LogP) is 2.55. The molecule has 1 heterocycles. The molecule has 0 spiro atoms. The first-order valence-corrected chi connectivity index (χ1v) is 7.19. The summed E-state index contributed by atoms with van der Waals surface area (Å²) in [5, 5.41) is 0. The molecule has 5 nitrogen and oxygen atoms in total. The lowest BCUT2D eigenvalue weighted by Crippen LogP contribution is -2.12. The topological polar surface area (TPSA) is 75.1 Å². The fraction of sp³-hybridized carbons (Fsp3) is 0.231. The summed E-state index contributed by atoms with van der Waals surface area (Å²) in [4.78, 5) is 7.12. The SMILES string of the molecule is COc1ccc(-c2cc(C(F)(F)F)nc(CS(=O)[O-])n2)cc1. The Bertz CT molecular complexity index is 690. The third-order valence-corrected chi connectivity index (χ3v) is 3.19. The average molecular weight is 331 g/mol. The maximum absolute atomic E-state index is 12.9. The molecule has 1 unspecified atom stereocenters. The maximum Gasteiger partial charge on any atom is 0.433 e. The zero-order chi connectivity index (χ0) is 16.3. The molecule has 0 bridgehead atoms. The molecule has 0 aliphatic rings. The summed E-state index contributed by atoms with van der Waals surface area (Å²) in [6, 6.07) is 6.96. The minimum absolute atomic E-state index is 0.00886. The second-order valence-electron chi connectivity index (χ2n) is 4.23. The fourth-order valence-corrected chi connectivity index (χ4v) is 2.06. The van der Waals surface area contributed by atoms with Gasteiger partial charge >= 0.3 is 6.18 Å². The molecule has 2 rings (SSSR count). The van der Waals surface area contributed by atoms with Crippen LogP contribution in [-0.2, 0) is 23.0 Å². The number of rotatable bonds is 4. The zero-order valence-electron chi connectivity index (χ0n) is 11.3. The van der Waals surface area contributed by atoms with E-state index in [1.165, 1.54) is 19.2 Å². The molecule has 0 amide bonds. The number of aromatic nitrogens is 2. The van der Waals surface area contributed by atoms with E-state index in [2.05, 4.69) is 9.97 Å². The van der Waals surface area contributed by atoms with Gasteiger partial charge in [-0.2, -0.15) is 13.2 Å². The molecule has 2 aromatic rings. The molecule has 1 aromatic heterocycles. The molecule has 0 fully saturated rings. The Labute approximate surface area is 126 Å². The van der Waals surface area contributed by atoms with Crippen molar-refractivity contribution < 1.29 is 26.7 Å². The van der Waals surface area contributed by atoms with Crippen molar-refractivity contribution in [2.24, 2.45) is 0 Å². The Balaban J connectivity index is 2.50.